The third-order valence-corrected chi connectivity index (χ3v) is 4.34. The van der Waals surface area contributed by atoms with E-state index in [9.17, 15) is 0 Å². The molecule has 1 unspecified atom stereocenters. The second-order valence-corrected chi connectivity index (χ2v) is 6.11. The minimum absolute atomic E-state index is 0.0501. The summed E-state index contributed by atoms with van der Waals surface area (Å²) in [7, 11) is 1.91. The number of anilines is 1. The minimum atomic E-state index is -1.44. The summed E-state index contributed by atoms with van der Waals surface area (Å²) in [4.78, 5) is 0. The number of benzene rings is 1. The van der Waals surface area contributed by atoms with Gasteiger partial charge in [-0.05, 0) is 25.0 Å². The smallest absolute Gasteiger partial charge is 0.393 e. The molecule has 0 saturated heterocycles. The van der Waals surface area contributed by atoms with Gasteiger partial charge in [0.1, 0.15) is 0 Å². The van der Waals surface area contributed by atoms with E-state index in [1.165, 1.54) is 0 Å². The number of nitrogens with one attached hydrogen (secondary N) is 1. The lowest BCUT2D eigenvalue weighted by atomic mass is 10.1. The Morgan fingerprint density at radius 2 is 2.00 bits per heavy atom. The molecule has 0 aliphatic carbocycles. The fourth-order valence-electron chi connectivity index (χ4n) is 1.95. The lowest BCUT2D eigenvalue weighted by Crippen LogP contribution is -2.39. The van der Waals surface area contributed by atoms with Crippen molar-refractivity contribution in [3.63, 3.8) is 0 Å². The van der Waals surface area contributed by atoms with Crippen LogP contribution in [-0.4, -0.2) is 30.0 Å². The Morgan fingerprint density at radius 1 is 1.33 bits per heavy atom. The maximum atomic E-state index is 6.10. The first-order valence-corrected chi connectivity index (χ1v) is 7.55. The van der Waals surface area contributed by atoms with E-state index >= 15 is 0 Å². The van der Waals surface area contributed by atoms with Gasteiger partial charge in [0.15, 0.2) is 0 Å². The SMILES string of the molecule is CCCNc1cccc([Si](OC)OC)c1C(C)N. The second-order valence-electron chi connectivity index (χ2n) is 4.18. The van der Waals surface area contributed by atoms with Crippen LogP contribution in [-0.2, 0) is 8.85 Å². The molecule has 0 saturated carbocycles. The van der Waals surface area contributed by atoms with Gasteiger partial charge in [0.05, 0.1) is 0 Å². The summed E-state index contributed by atoms with van der Waals surface area (Å²) in [6.07, 6.45) is 1.08. The zero-order chi connectivity index (χ0) is 13.5. The molecule has 4 nitrogen and oxygen atoms in total. The topological polar surface area (TPSA) is 56.5 Å². The van der Waals surface area contributed by atoms with Crippen molar-refractivity contribution < 1.29 is 8.85 Å². The van der Waals surface area contributed by atoms with Crippen LogP contribution in [0.15, 0.2) is 18.2 Å². The van der Waals surface area contributed by atoms with Crippen molar-refractivity contribution in [3.05, 3.63) is 23.8 Å². The van der Waals surface area contributed by atoms with Crippen LogP contribution in [0.3, 0.4) is 0 Å². The Balaban J connectivity index is 3.16. The molecule has 1 aromatic carbocycles. The highest BCUT2D eigenvalue weighted by atomic mass is 28.3. The molecule has 0 spiro atoms. The van der Waals surface area contributed by atoms with Crippen molar-refractivity contribution >= 4 is 20.2 Å². The van der Waals surface area contributed by atoms with Crippen LogP contribution in [0, 0.1) is 0 Å². The number of nitrogens with two attached hydrogens (primary N) is 1. The van der Waals surface area contributed by atoms with Crippen molar-refractivity contribution in [1.29, 1.82) is 0 Å². The molecule has 0 fully saturated rings. The van der Waals surface area contributed by atoms with Gasteiger partial charge in [-0.1, -0.05) is 19.1 Å². The van der Waals surface area contributed by atoms with E-state index in [0.717, 1.165) is 29.4 Å². The van der Waals surface area contributed by atoms with Gasteiger partial charge in [-0.2, -0.15) is 0 Å². The Hall–Kier alpha value is -0.883. The second kappa shape index (κ2) is 7.53. The van der Waals surface area contributed by atoms with Gasteiger partial charge in [0.2, 0.25) is 0 Å². The molecule has 1 radical (unpaired) electrons. The third kappa shape index (κ3) is 3.55. The summed E-state index contributed by atoms with van der Waals surface area (Å²) < 4.78 is 10.9. The van der Waals surface area contributed by atoms with E-state index in [4.69, 9.17) is 14.6 Å². The molecular weight excluding hydrogens is 244 g/mol. The minimum Gasteiger partial charge on any atom is -0.393 e. The van der Waals surface area contributed by atoms with E-state index in [1.807, 2.05) is 19.1 Å². The molecule has 3 N–H and O–H groups in total. The number of hydrogen-bond acceptors (Lipinski definition) is 4. The summed E-state index contributed by atoms with van der Waals surface area (Å²) in [6, 6.07) is 6.06. The molecule has 0 aliphatic rings. The van der Waals surface area contributed by atoms with Crippen LogP contribution in [0.25, 0.3) is 0 Å². The highest BCUT2D eigenvalue weighted by molar-refractivity contribution is 6.62. The lowest BCUT2D eigenvalue weighted by molar-refractivity contribution is 0.291. The van der Waals surface area contributed by atoms with Crippen molar-refractivity contribution in [3.8, 4) is 0 Å². The average Bonchev–Trinajstić information content (AvgIpc) is 2.37. The van der Waals surface area contributed by atoms with Crippen LogP contribution >= 0.6 is 0 Å². The maximum Gasteiger partial charge on any atom is 0.423 e. The van der Waals surface area contributed by atoms with E-state index in [2.05, 4.69) is 18.3 Å². The predicted octanol–water partition coefficient (Wildman–Crippen LogP) is 1.52. The first-order chi connectivity index (χ1) is 8.65. The van der Waals surface area contributed by atoms with Crippen LogP contribution < -0.4 is 16.2 Å². The molecule has 18 heavy (non-hydrogen) atoms. The first-order valence-electron chi connectivity index (χ1n) is 6.23. The molecule has 0 aliphatic heterocycles. The maximum absolute atomic E-state index is 6.10. The van der Waals surface area contributed by atoms with Crippen molar-refractivity contribution in [2.75, 3.05) is 26.1 Å². The summed E-state index contributed by atoms with van der Waals surface area (Å²) in [5.41, 5.74) is 8.28. The molecular formula is C13H23N2O2Si. The van der Waals surface area contributed by atoms with Crippen molar-refractivity contribution in [2.24, 2.45) is 5.73 Å². The fourth-order valence-corrected chi connectivity index (χ4v) is 3.37. The molecule has 0 heterocycles. The summed E-state index contributed by atoms with van der Waals surface area (Å²) in [6.45, 7) is 5.06. The first kappa shape index (κ1) is 15.2. The zero-order valence-electron chi connectivity index (χ0n) is 11.6. The Kier molecular flexibility index (Phi) is 6.35. The van der Waals surface area contributed by atoms with E-state index < -0.39 is 9.28 Å². The molecule has 1 aromatic rings. The van der Waals surface area contributed by atoms with Gasteiger partial charge in [-0.25, -0.2) is 0 Å². The molecule has 1 atom stereocenters. The van der Waals surface area contributed by atoms with Crippen LogP contribution in [0.4, 0.5) is 5.69 Å². The summed E-state index contributed by atoms with van der Waals surface area (Å²) in [5.74, 6) is 0. The molecule has 1 rings (SSSR count). The van der Waals surface area contributed by atoms with Gasteiger partial charge < -0.3 is 19.9 Å². The van der Waals surface area contributed by atoms with Crippen molar-refractivity contribution in [1.82, 2.24) is 0 Å². The fraction of sp³-hybridized carbons (Fsp3) is 0.538. The number of rotatable bonds is 7. The average molecular weight is 267 g/mol. The van der Waals surface area contributed by atoms with E-state index in [-0.39, 0.29) is 6.04 Å². The monoisotopic (exact) mass is 267 g/mol. The van der Waals surface area contributed by atoms with Gasteiger partial charge in [-0.15, -0.1) is 0 Å². The Bertz CT molecular complexity index is 368. The van der Waals surface area contributed by atoms with Gasteiger partial charge >= 0.3 is 9.28 Å². The number of hydrogen-bond donors (Lipinski definition) is 2. The van der Waals surface area contributed by atoms with Gasteiger partial charge in [-0.3, -0.25) is 0 Å². The van der Waals surface area contributed by atoms with Gasteiger partial charge in [0, 0.05) is 37.7 Å². The van der Waals surface area contributed by atoms with Gasteiger partial charge in [0.25, 0.3) is 0 Å². The Labute approximate surface area is 111 Å². The van der Waals surface area contributed by atoms with Crippen LogP contribution in [0.5, 0.6) is 0 Å². The third-order valence-electron chi connectivity index (χ3n) is 2.72. The Morgan fingerprint density at radius 3 is 2.50 bits per heavy atom. The molecule has 101 valence electrons. The summed E-state index contributed by atoms with van der Waals surface area (Å²) >= 11 is 0. The largest absolute Gasteiger partial charge is 0.423 e. The quantitative estimate of drug-likeness (QED) is 0.735. The lowest BCUT2D eigenvalue weighted by Gasteiger charge is -2.21. The predicted molar refractivity (Wildman–Crippen MR) is 77.2 cm³/mol. The highest BCUT2D eigenvalue weighted by Crippen LogP contribution is 2.20. The van der Waals surface area contributed by atoms with Crippen LogP contribution in [0.2, 0.25) is 0 Å². The van der Waals surface area contributed by atoms with E-state index in [1.54, 1.807) is 14.2 Å². The molecule has 0 amide bonds. The summed E-state index contributed by atoms with van der Waals surface area (Å²) in [5, 5.41) is 4.50. The van der Waals surface area contributed by atoms with Crippen LogP contribution in [0.1, 0.15) is 31.9 Å². The highest BCUT2D eigenvalue weighted by Gasteiger charge is 2.23. The molecule has 5 heteroatoms. The molecule has 0 aromatic heterocycles. The normalized spacial score (nSPS) is 12.8. The van der Waals surface area contributed by atoms with E-state index in [0.29, 0.717) is 0 Å². The molecule has 0 bridgehead atoms. The zero-order valence-corrected chi connectivity index (χ0v) is 12.6. The standard InChI is InChI=1S/C13H23N2O2Si/c1-5-9-15-11-7-6-8-12(13(11)10(2)14)18(16-3)17-4/h6-8,10,15H,5,9,14H2,1-4H3. The van der Waals surface area contributed by atoms with Crippen molar-refractivity contribution in [2.45, 2.75) is 26.3 Å².